The molecule has 2 rings (SSSR count). The van der Waals surface area contributed by atoms with Crippen LogP contribution in [0.3, 0.4) is 0 Å². The van der Waals surface area contributed by atoms with E-state index in [1.807, 2.05) is 36.1 Å². The molecule has 1 amide bonds. The highest BCUT2D eigenvalue weighted by Gasteiger charge is 2.37. The highest BCUT2D eigenvalue weighted by Crippen LogP contribution is 2.27. The van der Waals surface area contributed by atoms with Gasteiger partial charge in [0.25, 0.3) is 0 Å². The molecule has 0 radical (unpaired) electrons. The Morgan fingerprint density at radius 2 is 2.00 bits per heavy atom. The number of benzene rings is 1. The Bertz CT molecular complexity index is 446. The molecule has 0 bridgehead atoms. The van der Waals surface area contributed by atoms with Gasteiger partial charge in [-0.1, -0.05) is 44.0 Å². The fourth-order valence-electron chi connectivity index (χ4n) is 2.36. The number of hydrogen-bond acceptors (Lipinski definition) is 2. The summed E-state index contributed by atoms with van der Waals surface area (Å²) in [4.78, 5) is 14.2. The molecule has 3 atom stereocenters. The van der Waals surface area contributed by atoms with E-state index in [1.165, 1.54) is 0 Å². The third-order valence-electron chi connectivity index (χ3n) is 3.76. The lowest BCUT2D eigenvalue weighted by Crippen LogP contribution is -2.34. The first-order valence-electron chi connectivity index (χ1n) is 6.85. The number of carbonyl (C=O) groups excluding carboxylic acids is 1. The van der Waals surface area contributed by atoms with Crippen LogP contribution in [0.15, 0.2) is 24.3 Å². The molecule has 1 saturated heterocycles. The third kappa shape index (κ3) is 3.10. The van der Waals surface area contributed by atoms with Gasteiger partial charge in [-0.05, 0) is 30.5 Å². The van der Waals surface area contributed by atoms with Crippen LogP contribution in [0.1, 0.15) is 38.9 Å². The smallest absolute Gasteiger partial charge is 0.241 e. The molecule has 1 aliphatic rings. The largest absolute Gasteiger partial charge is 0.321 e. The molecule has 1 heterocycles. The van der Waals surface area contributed by atoms with Crippen molar-refractivity contribution in [1.29, 1.82) is 0 Å². The van der Waals surface area contributed by atoms with Gasteiger partial charge in [0.1, 0.15) is 6.17 Å². The predicted octanol–water partition coefficient (Wildman–Crippen LogP) is 3.21. The van der Waals surface area contributed by atoms with Crippen LogP contribution in [0, 0.1) is 5.92 Å². The molecular formula is C15H21ClN2O. The van der Waals surface area contributed by atoms with Gasteiger partial charge in [-0.2, -0.15) is 0 Å². The van der Waals surface area contributed by atoms with E-state index in [9.17, 15) is 4.79 Å². The van der Waals surface area contributed by atoms with Crippen molar-refractivity contribution in [3.05, 3.63) is 34.9 Å². The molecule has 19 heavy (non-hydrogen) atoms. The van der Waals surface area contributed by atoms with Crippen LogP contribution in [0.2, 0.25) is 5.02 Å². The minimum absolute atomic E-state index is 0.0335. The summed E-state index contributed by atoms with van der Waals surface area (Å²) < 4.78 is 0. The summed E-state index contributed by atoms with van der Waals surface area (Å²) in [7, 11) is 0. The van der Waals surface area contributed by atoms with E-state index in [2.05, 4.69) is 19.2 Å². The lowest BCUT2D eigenvalue weighted by Gasteiger charge is -2.27. The third-order valence-corrected chi connectivity index (χ3v) is 4.02. The van der Waals surface area contributed by atoms with Crippen molar-refractivity contribution in [3.63, 3.8) is 0 Å². The SMILES string of the molecule is CCC(C)CN1C(=O)C(C)NC1c1ccc(Cl)cc1. The molecular weight excluding hydrogens is 260 g/mol. The fourth-order valence-corrected chi connectivity index (χ4v) is 2.48. The second-order valence-corrected chi connectivity index (χ2v) is 5.78. The Kier molecular flexibility index (Phi) is 4.48. The number of nitrogens with zero attached hydrogens (tertiary/aromatic N) is 1. The van der Waals surface area contributed by atoms with E-state index in [0.717, 1.165) is 23.6 Å². The van der Waals surface area contributed by atoms with Gasteiger partial charge in [0, 0.05) is 11.6 Å². The maximum atomic E-state index is 12.2. The standard InChI is InChI=1S/C15H21ClN2O/c1-4-10(2)9-18-14(17-11(3)15(18)19)12-5-7-13(16)8-6-12/h5-8,10-11,14,17H,4,9H2,1-3H3. The molecule has 3 nitrogen and oxygen atoms in total. The Morgan fingerprint density at radius 1 is 1.37 bits per heavy atom. The van der Waals surface area contributed by atoms with E-state index in [4.69, 9.17) is 11.6 Å². The average Bonchev–Trinajstić information content (AvgIpc) is 2.68. The molecule has 4 heteroatoms. The zero-order valence-electron chi connectivity index (χ0n) is 11.7. The normalized spacial score (nSPS) is 24.8. The molecule has 0 saturated carbocycles. The summed E-state index contributed by atoms with van der Waals surface area (Å²) >= 11 is 5.92. The first-order chi connectivity index (χ1) is 9.02. The van der Waals surface area contributed by atoms with Gasteiger partial charge in [0.05, 0.1) is 6.04 Å². The molecule has 104 valence electrons. The second kappa shape index (κ2) is 5.93. The molecule has 0 aliphatic carbocycles. The maximum Gasteiger partial charge on any atom is 0.241 e. The zero-order chi connectivity index (χ0) is 14.0. The molecule has 3 unspecified atom stereocenters. The van der Waals surface area contributed by atoms with Crippen LogP contribution in [0.25, 0.3) is 0 Å². The lowest BCUT2D eigenvalue weighted by molar-refractivity contribution is -0.130. The summed E-state index contributed by atoms with van der Waals surface area (Å²) in [5.74, 6) is 0.686. The van der Waals surface area contributed by atoms with Crippen LogP contribution in [-0.2, 0) is 4.79 Å². The quantitative estimate of drug-likeness (QED) is 0.919. The number of hydrogen-bond donors (Lipinski definition) is 1. The summed E-state index contributed by atoms with van der Waals surface area (Å²) in [5.41, 5.74) is 1.09. The van der Waals surface area contributed by atoms with Gasteiger partial charge in [-0.25, -0.2) is 0 Å². The van der Waals surface area contributed by atoms with Gasteiger partial charge >= 0.3 is 0 Å². The van der Waals surface area contributed by atoms with Crippen LogP contribution in [-0.4, -0.2) is 23.4 Å². The monoisotopic (exact) mass is 280 g/mol. The van der Waals surface area contributed by atoms with Crippen LogP contribution in [0.4, 0.5) is 0 Å². The van der Waals surface area contributed by atoms with Gasteiger partial charge in [-0.15, -0.1) is 0 Å². The van der Waals surface area contributed by atoms with E-state index in [0.29, 0.717) is 5.92 Å². The molecule has 1 fully saturated rings. The van der Waals surface area contributed by atoms with Crippen molar-refractivity contribution in [3.8, 4) is 0 Å². The zero-order valence-corrected chi connectivity index (χ0v) is 12.4. The second-order valence-electron chi connectivity index (χ2n) is 5.35. The molecule has 1 N–H and O–H groups in total. The minimum atomic E-state index is -0.121. The number of halogens is 1. The predicted molar refractivity (Wildman–Crippen MR) is 78.0 cm³/mol. The maximum absolute atomic E-state index is 12.2. The van der Waals surface area contributed by atoms with Gasteiger partial charge in [-0.3, -0.25) is 10.1 Å². The number of amides is 1. The van der Waals surface area contributed by atoms with Crippen molar-refractivity contribution in [2.45, 2.75) is 39.4 Å². The van der Waals surface area contributed by atoms with Crippen molar-refractivity contribution < 1.29 is 4.79 Å². The molecule has 0 spiro atoms. The highest BCUT2D eigenvalue weighted by molar-refractivity contribution is 6.30. The van der Waals surface area contributed by atoms with E-state index in [-0.39, 0.29) is 18.1 Å². The first kappa shape index (κ1) is 14.4. The number of nitrogens with one attached hydrogen (secondary N) is 1. The van der Waals surface area contributed by atoms with E-state index >= 15 is 0 Å². The van der Waals surface area contributed by atoms with Gasteiger partial charge in [0.15, 0.2) is 0 Å². The molecule has 1 aromatic carbocycles. The lowest BCUT2D eigenvalue weighted by atomic mass is 10.1. The highest BCUT2D eigenvalue weighted by atomic mass is 35.5. The first-order valence-corrected chi connectivity index (χ1v) is 7.22. The van der Waals surface area contributed by atoms with E-state index < -0.39 is 0 Å². The molecule has 1 aliphatic heterocycles. The Morgan fingerprint density at radius 3 is 2.58 bits per heavy atom. The van der Waals surface area contributed by atoms with Crippen molar-refractivity contribution in [2.75, 3.05) is 6.54 Å². The summed E-state index contributed by atoms with van der Waals surface area (Å²) in [6, 6.07) is 7.58. The number of carbonyl (C=O) groups is 1. The van der Waals surface area contributed by atoms with Crippen LogP contribution < -0.4 is 5.32 Å². The van der Waals surface area contributed by atoms with Crippen molar-refractivity contribution >= 4 is 17.5 Å². The fraction of sp³-hybridized carbons (Fsp3) is 0.533. The van der Waals surface area contributed by atoms with Crippen molar-refractivity contribution in [2.24, 2.45) is 5.92 Å². The molecule has 0 aromatic heterocycles. The van der Waals surface area contributed by atoms with Crippen LogP contribution in [0.5, 0.6) is 0 Å². The average molecular weight is 281 g/mol. The Hall–Kier alpha value is -1.06. The summed E-state index contributed by atoms with van der Waals surface area (Å²) in [6.07, 6.45) is 1.04. The summed E-state index contributed by atoms with van der Waals surface area (Å²) in [6.45, 7) is 7.04. The van der Waals surface area contributed by atoms with Gasteiger partial charge < -0.3 is 4.90 Å². The molecule has 1 aromatic rings. The Labute approximate surface area is 119 Å². The topological polar surface area (TPSA) is 32.3 Å². The number of rotatable bonds is 4. The van der Waals surface area contributed by atoms with Gasteiger partial charge in [0.2, 0.25) is 5.91 Å². The minimum Gasteiger partial charge on any atom is -0.321 e. The van der Waals surface area contributed by atoms with Crippen LogP contribution >= 0.6 is 11.6 Å². The van der Waals surface area contributed by atoms with E-state index in [1.54, 1.807) is 0 Å². The Balaban J connectivity index is 2.21. The summed E-state index contributed by atoms with van der Waals surface area (Å²) in [5, 5.41) is 4.07. The van der Waals surface area contributed by atoms with Crippen molar-refractivity contribution in [1.82, 2.24) is 10.2 Å².